The van der Waals surface area contributed by atoms with Crippen LogP contribution in [0, 0.1) is 11.8 Å². The number of carbonyl (C=O) groups excluding carboxylic acids is 1. The Morgan fingerprint density at radius 1 is 1.61 bits per heavy atom. The van der Waals surface area contributed by atoms with Gasteiger partial charge in [0.05, 0.1) is 23.4 Å². The van der Waals surface area contributed by atoms with Crippen LogP contribution >= 0.6 is 11.6 Å². The molecule has 0 bridgehead atoms. The van der Waals surface area contributed by atoms with Crippen LogP contribution in [0.5, 0.6) is 0 Å². The molecule has 98 valence electrons. The minimum Gasteiger partial charge on any atom is -0.465 e. The van der Waals surface area contributed by atoms with Gasteiger partial charge in [0.2, 0.25) is 0 Å². The summed E-state index contributed by atoms with van der Waals surface area (Å²) in [7, 11) is 1.34. The van der Waals surface area contributed by atoms with Crippen LogP contribution in [0.25, 0.3) is 0 Å². The second-order valence-electron chi connectivity index (χ2n) is 4.77. The summed E-state index contributed by atoms with van der Waals surface area (Å²) < 4.78 is 4.74. The van der Waals surface area contributed by atoms with Crippen molar-refractivity contribution in [2.75, 3.05) is 24.7 Å². The molecule has 0 aliphatic heterocycles. The number of methoxy groups -OCH3 is 1. The highest BCUT2D eigenvalue weighted by Crippen LogP contribution is 2.38. The van der Waals surface area contributed by atoms with Gasteiger partial charge in [0.15, 0.2) is 0 Å². The number of carbonyl (C=O) groups is 1. The summed E-state index contributed by atoms with van der Waals surface area (Å²) in [6, 6.07) is 3.21. The van der Waals surface area contributed by atoms with Gasteiger partial charge in [-0.2, -0.15) is 0 Å². The van der Waals surface area contributed by atoms with Gasteiger partial charge in [0, 0.05) is 12.2 Å². The van der Waals surface area contributed by atoms with E-state index in [4.69, 9.17) is 22.1 Å². The molecule has 3 N–H and O–H groups in total. The number of nitrogen functional groups attached to an aromatic ring is 1. The molecule has 0 amide bonds. The summed E-state index contributed by atoms with van der Waals surface area (Å²) in [5, 5.41) is 3.68. The Hall–Kier alpha value is -1.42. The standard InChI is InChI=1S/C13H17ClN2O2/c1-7-3-8(7)6-16-12-10(13(17)18-2)4-9(15)5-11(12)14/h4-5,7-8,16H,3,6,15H2,1-2H3. The zero-order chi connectivity index (χ0) is 13.3. The first-order chi connectivity index (χ1) is 8.52. The molecule has 1 fully saturated rings. The topological polar surface area (TPSA) is 64.3 Å². The Balaban J connectivity index is 2.22. The predicted molar refractivity (Wildman–Crippen MR) is 73.0 cm³/mol. The lowest BCUT2D eigenvalue weighted by Crippen LogP contribution is -2.12. The molecule has 0 spiro atoms. The molecule has 4 nitrogen and oxygen atoms in total. The average Bonchev–Trinajstić information content (AvgIpc) is 3.02. The van der Waals surface area contributed by atoms with Crippen molar-refractivity contribution >= 4 is 28.9 Å². The van der Waals surface area contributed by atoms with E-state index in [1.165, 1.54) is 13.5 Å². The maximum atomic E-state index is 11.7. The van der Waals surface area contributed by atoms with E-state index >= 15 is 0 Å². The molecular formula is C13H17ClN2O2. The van der Waals surface area contributed by atoms with Gasteiger partial charge >= 0.3 is 5.97 Å². The summed E-state index contributed by atoms with van der Waals surface area (Å²) in [6.07, 6.45) is 1.22. The maximum Gasteiger partial charge on any atom is 0.340 e. The first-order valence-corrected chi connectivity index (χ1v) is 6.32. The molecule has 1 aliphatic rings. The highest BCUT2D eigenvalue weighted by molar-refractivity contribution is 6.34. The molecule has 2 rings (SSSR count). The molecule has 1 aromatic rings. The number of halogens is 1. The molecule has 1 aliphatic carbocycles. The lowest BCUT2D eigenvalue weighted by Gasteiger charge is -2.13. The second-order valence-corrected chi connectivity index (χ2v) is 5.18. The number of ether oxygens (including phenoxy) is 1. The number of benzene rings is 1. The zero-order valence-electron chi connectivity index (χ0n) is 10.5. The van der Waals surface area contributed by atoms with Crippen LogP contribution in [0.2, 0.25) is 5.02 Å². The van der Waals surface area contributed by atoms with E-state index in [9.17, 15) is 4.79 Å². The van der Waals surface area contributed by atoms with Crippen LogP contribution in [-0.2, 0) is 4.74 Å². The largest absolute Gasteiger partial charge is 0.465 e. The Bertz CT molecular complexity index is 476. The average molecular weight is 269 g/mol. The van der Waals surface area contributed by atoms with Gasteiger partial charge in [-0.25, -0.2) is 4.79 Å². The van der Waals surface area contributed by atoms with Crippen LogP contribution in [0.15, 0.2) is 12.1 Å². The van der Waals surface area contributed by atoms with Crippen molar-refractivity contribution in [2.24, 2.45) is 11.8 Å². The number of esters is 1. The Labute approximate surface area is 111 Å². The van der Waals surface area contributed by atoms with E-state index in [2.05, 4.69) is 12.2 Å². The molecule has 1 saturated carbocycles. The van der Waals surface area contributed by atoms with E-state index in [0.717, 1.165) is 12.5 Å². The second kappa shape index (κ2) is 5.06. The molecule has 2 atom stereocenters. The zero-order valence-corrected chi connectivity index (χ0v) is 11.3. The number of rotatable bonds is 4. The molecule has 1 aromatic carbocycles. The minimum atomic E-state index is -0.435. The fraction of sp³-hybridized carbons (Fsp3) is 0.462. The summed E-state index contributed by atoms with van der Waals surface area (Å²) in [5.41, 5.74) is 7.13. The quantitative estimate of drug-likeness (QED) is 0.651. The first-order valence-electron chi connectivity index (χ1n) is 5.94. The van der Waals surface area contributed by atoms with Gasteiger partial charge in [-0.05, 0) is 30.4 Å². The van der Waals surface area contributed by atoms with Gasteiger partial charge in [-0.1, -0.05) is 18.5 Å². The van der Waals surface area contributed by atoms with E-state index < -0.39 is 5.97 Å². The molecule has 5 heteroatoms. The fourth-order valence-electron chi connectivity index (χ4n) is 1.99. The van der Waals surface area contributed by atoms with Crippen molar-refractivity contribution < 1.29 is 9.53 Å². The van der Waals surface area contributed by atoms with Crippen molar-refractivity contribution in [1.29, 1.82) is 0 Å². The lowest BCUT2D eigenvalue weighted by molar-refractivity contribution is 0.0602. The van der Waals surface area contributed by atoms with Crippen molar-refractivity contribution in [3.63, 3.8) is 0 Å². The molecule has 18 heavy (non-hydrogen) atoms. The molecule has 0 heterocycles. The van der Waals surface area contributed by atoms with Gasteiger partial charge in [0.1, 0.15) is 0 Å². The third-order valence-corrected chi connectivity index (χ3v) is 3.63. The SMILES string of the molecule is COC(=O)c1cc(N)cc(Cl)c1NCC1CC1C. The number of nitrogens with two attached hydrogens (primary N) is 1. The molecule has 0 saturated heterocycles. The minimum absolute atomic E-state index is 0.385. The van der Waals surface area contributed by atoms with Crippen molar-refractivity contribution in [3.05, 3.63) is 22.7 Å². The van der Waals surface area contributed by atoms with Crippen molar-refractivity contribution in [1.82, 2.24) is 0 Å². The lowest BCUT2D eigenvalue weighted by atomic mass is 10.1. The van der Waals surface area contributed by atoms with Crippen LogP contribution in [0.3, 0.4) is 0 Å². The number of hydrogen-bond donors (Lipinski definition) is 2. The third-order valence-electron chi connectivity index (χ3n) is 3.34. The number of anilines is 2. The maximum absolute atomic E-state index is 11.7. The Morgan fingerprint density at radius 3 is 2.83 bits per heavy atom. The summed E-state index contributed by atoms with van der Waals surface area (Å²) in [6.45, 7) is 3.02. The van der Waals surface area contributed by atoms with E-state index in [-0.39, 0.29) is 0 Å². The van der Waals surface area contributed by atoms with Gasteiger partial charge in [-0.15, -0.1) is 0 Å². The van der Waals surface area contributed by atoms with Crippen LogP contribution in [0.4, 0.5) is 11.4 Å². The highest BCUT2D eigenvalue weighted by atomic mass is 35.5. The molecule has 2 unspecified atom stereocenters. The van der Waals surface area contributed by atoms with E-state index in [1.54, 1.807) is 12.1 Å². The summed E-state index contributed by atoms with van der Waals surface area (Å²) in [5.74, 6) is 0.964. The van der Waals surface area contributed by atoms with E-state index in [0.29, 0.717) is 27.9 Å². The molecule has 0 aromatic heterocycles. The normalized spacial score (nSPS) is 21.5. The fourth-order valence-corrected chi connectivity index (χ4v) is 2.29. The Morgan fingerprint density at radius 2 is 2.28 bits per heavy atom. The smallest absolute Gasteiger partial charge is 0.340 e. The van der Waals surface area contributed by atoms with E-state index in [1.807, 2.05) is 0 Å². The van der Waals surface area contributed by atoms with Gasteiger partial charge in [-0.3, -0.25) is 0 Å². The third kappa shape index (κ3) is 2.70. The number of nitrogens with one attached hydrogen (secondary N) is 1. The summed E-state index contributed by atoms with van der Waals surface area (Å²) in [4.78, 5) is 11.7. The van der Waals surface area contributed by atoms with Crippen LogP contribution in [0.1, 0.15) is 23.7 Å². The molecule has 0 radical (unpaired) electrons. The van der Waals surface area contributed by atoms with Crippen molar-refractivity contribution in [3.8, 4) is 0 Å². The van der Waals surface area contributed by atoms with Crippen LogP contribution < -0.4 is 11.1 Å². The highest BCUT2D eigenvalue weighted by Gasteiger charge is 2.32. The molecular weight excluding hydrogens is 252 g/mol. The van der Waals surface area contributed by atoms with Gasteiger partial charge < -0.3 is 15.8 Å². The van der Waals surface area contributed by atoms with Crippen molar-refractivity contribution in [2.45, 2.75) is 13.3 Å². The summed E-state index contributed by atoms with van der Waals surface area (Å²) >= 11 is 6.13. The first kappa shape index (κ1) is 13.0. The Kier molecular flexibility index (Phi) is 3.66. The van der Waals surface area contributed by atoms with Crippen LogP contribution in [-0.4, -0.2) is 19.6 Å². The van der Waals surface area contributed by atoms with Gasteiger partial charge in [0.25, 0.3) is 0 Å². The predicted octanol–water partition coefficient (Wildman–Crippen LogP) is 2.78. The monoisotopic (exact) mass is 268 g/mol. The number of hydrogen-bond acceptors (Lipinski definition) is 4.